The average Bonchev–Trinajstić information content (AvgIpc) is 3.27. The predicted octanol–water partition coefficient (Wildman–Crippen LogP) is 9.08. The van der Waals surface area contributed by atoms with Crippen LogP contribution in [0.2, 0.25) is 5.02 Å². The molecule has 2 aromatic carbocycles. The van der Waals surface area contributed by atoms with Gasteiger partial charge in [0, 0.05) is 31.7 Å². The van der Waals surface area contributed by atoms with E-state index >= 15 is 0 Å². The van der Waals surface area contributed by atoms with Crippen molar-refractivity contribution in [2.24, 2.45) is 0 Å². The number of rotatable bonds is 4. The van der Waals surface area contributed by atoms with E-state index in [1.54, 1.807) is 36.1 Å². The Hall–Kier alpha value is -3.67. The Balaban J connectivity index is 0.000000221. The number of hydrogen-bond acceptors (Lipinski definition) is 8. The van der Waals surface area contributed by atoms with Crippen LogP contribution in [0.25, 0.3) is 6.08 Å². The van der Waals surface area contributed by atoms with E-state index in [2.05, 4.69) is 13.2 Å². The normalized spacial score (nSPS) is 17.2. The summed E-state index contributed by atoms with van der Waals surface area (Å²) >= 11 is 6.14. The minimum Gasteiger partial charge on any atom is -0.496 e. The topological polar surface area (TPSA) is 96.0 Å². The number of nitrogens with zero attached hydrogens (tertiary/aromatic N) is 2. The molecule has 0 N–H and O–H groups in total. The molecule has 12 heteroatoms. The predicted molar refractivity (Wildman–Crippen MR) is 208 cm³/mol. The van der Waals surface area contributed by atoms with Crippen LogP contribution in [0.4, 0.5) is 9.59 Å². The third-order valence-corrected chi connectivity index (χ3v) is 9.33. The first kappa shape index (κ1) is 42.7. The summed E-state index contributed by atoms with van der Waals surface area (Å²) in [5.74, 6) is 3.18. The molecule has 3 aliphatic heterocycles. The summed E-state index contributed by atoms with van der Waals surface area (Å²) in [5.41, 5.74) is 4.11. The molecule has 52 heavy (non-hydrogen) atoms. The zero-order chi connectivity index (χ0) is 39.2. The minimum absolute atomic E-state index is 0.230. The van der Waals surface area contributed by atoms with Crippen LogP contribution in [-0.4, -0.2) is 78.8 Å². The molecule has 1 fully saturated rings. The molecule has 286 valence electrons. The summed E-state index contributed by atoms with van der Waals surface area (Å²) in [4.78, 5) is 27.7. The molecule has 5 rings (SSSR count). The van der Waals surface area contributed by atoms with Gasteiger partial charge in [-0.05, 0) is 129 Å². The van der Waals surface area contributed by atoms with Gasteiger partial charge in [0.25, 0.3) is 0 Å². The van der Waals surface area contributed by atoms with E-state index in [0.29, 0.717) is 37.0 Å². The fourth-order valence-corrected chi connectivity index (χ4v) is 5.87. The van der Waals surface area contributed by atoms with Crippen molar-refractivity contribution in [3.63, 3.8) is 0 Å². The molecule has 0 bridgehead atoms. The van der Waals surface area contributed by atoms with Crippen molar-refractivity contribution in [3.05, 3.63) is 76.2 Å². The first-order valence-corrected chi connectivity index (χ1v) is 18.0. The number of methoxy groups -OCH3 is 2. The summed E-state index contributed by atoms with van der Waals surface area (Å²) in [7, 11) is 3.01. The smallest absolute Gasteiger partial charge is 0.486 e. The second-order valence-electron chi connectivity index (χ2n) is 16.0. The van der Waals surface area contributed by atoms with E-state index < -0.39 is 11.2 Å². The van der Waals surface area contributed by atoms with Crippen LogP contribution in [0.1, 0.15) is 97.1 Å². The van der Waals surface area contributed by atoms with Crippen molar-refractivity contribution in [2.45, 2.75) is 118 Å². The van der Waals surface area contributed by atoms with Gasteiger partial charge in [0.2, 0.25) is 0 Å². The second-order valence-corrected chi connectivity index (χ2v) is 16.4. The van der Waals surface area contributed by atoms with Gasteiger partial charge in [-0.3, -0.25) is 0 Å². The molecule has 0 spiro atoms. The molecule has 0 aromatic heterocycles. The van der Waals surface area contributed by atoms with Crippen LogP contribution in [0.3, 0.4) is 0 Å². The van der Waals surface area contributed by atoms with Crippen molar-refractivity contribution in [1.82, 2.24) is 9.80 Å². The molecule has 2 amide bonds. The summed E-state index contributed by atoms with van der Waals surface area (Å²) in [6, 6.07) is 7.90. The first-order valence-electron chi connectivity index (χ1n) is 17.6. The highest BCUT2D eigenvalue weighted by molar-refractivity contribution is 6.51. The summed E-state index contributed by atoms with van der Waals surface area (Å²) in [6.45, 7) is 29.2. The van der Waals surface area contributed by atoms with Crippen LogP contribution < -0.4 is 9.47 Å². The maximum absolute atomic E-state index is 12.2. The van der Waals surface area contributed by atoms with Crippen molar-refractivity contribution < 1.29 is 37.8 Å². The standard InChI is InChI=1S/C17H23NO3.C15H20ClNO3.C8H15BO2/c1-6-12-9-14-11-18(16(19)21-17(2,3)4)8-7-13(14)10-15(12)20-5;1-15(2,3)20-14(18)17-6-5-10-8-13(19-4)12(16)7-11(10)9-17;1-6-9-10-7(2,3)8(4,5)11-9/h6,9-10H,1,7-8,11H2,2-5H3;7-8H,5-6,9H2,1-4H3;6H,1H2,2-5H3. The van der Waals surface area contributed by atoms with Crippen molar-refractivity contribution in [1.29, 1.82) is 0 Å². The number of fused-ring (bicyclic) bond motifs is 2. The Labute approximate surface area is 316 Å². The van der Waals surface area contributed by atoms with Crippen LogP contribution in [0.5, 0.6) is 11.5 Å². The molecular formula is C40H58BClN2O8. The van der Waals surface area contributed by atoms with E-state index in [1.165, 1.54) is 11.1 Å². The zero-order valence-corrected chi connectivity index (χ0v) is 34.0. The van der Waals surface area contributed by atoms with Crippen LogP contribution >= 0.6 is 11.6 Å². The molecule has 2 aromatic rings. The lowest BCUT2D eigenvalue weighted by molar-refractivity contribution is 0.00578. The molecule has 3 heterocycles. The van der Waals surface area contributed by atoms with Gasteiger partial charge in [-0.15, -0.1) is 6.58 Å². The lowest BCUT2D eigenvalue weighted by atomic mass is 9.90. The highest BCUT2D eigenvalue weighted by atomic mass is 35.5. The van der Waals surface area contributed by atoms with Crippen LogP contribution in [0.15, 0.2) is 43.4 Å². The molecule has 0 saturated carbocycles. The van der Waals surface area contributed by atoms with Gasteiger partial charge in [-0.2, -0.15) is 0 Å². The lowest BCUT2D eigenvalue weighted by Crippen LogP contribution is -2.41. The number of hydrogen-bond donors (Lipinski definition) is 0. The van der Waals surface area contributed by atoms with E-state index in [4.69, 9.17) is 39.9 Å². The number of carbonyl (C=O) groups is 2. The second kappa shape index (κ2) is 17.0. The van der Waals surface area contributed by atoms with Gasteiger partial charge in [0.1, 0.15) is 22.7 Å². The van der Waals surface area contributed by atoms with Gasteiger partial charge in [-0.25, -0.2) is 9.59 Å². The molecule has 3 aliphatic rings. The van der Waals surface area contributed by atoms with Gasteiger partial charge < -0.3 is 38.1 Å². The largest absolute Gasteiger partial charge is 0.496 e. The Morgan fingerprint density at radius 2 is 1.17 bits per heavy atom. The molecule has 1 saturated heterocycles. The van der Waals surface area contributed by atoms with Crippen LogP contribution in [-0.2, 0) is 44.7 Å². The first-order chi connectivity index (χ1) is 24.0. The fourth-order valence-electron chi connectivity index (χ4n) is 5.60. The lowest BCUT2D eigenvalue weighted by Gasteiger charge is -2.32. The number of benzene rings is 2. The van der Waals surface area contributed by atoms with Crippen molar-refractivity contribution >= 4 is 37.0 Å². The molecule has 10 nitrogen and oxygen atoms in total. The Kier molecular flexibility index (Phi) is 14.0. The highest BCUT2D eigenvalue weighted by Crippen LogP contribution is 2.37. The average molecular weight is 741 g/mol. The third-order valence-electron chi connectivity index (χ3n) is 9.04. The summed E-state index contributed by atoms with van der Waals surface area (Å²) < 4.78 is 32.6. The monoisotopic (exact) mass is 740 g/mol. The fraction of sp³-hybridized carbons (Fsp3) is 0.550. The van der Waals surface area contributed by atoms with Gasteiger partial charge in [0.15, 0.2) is 0 Å². The Morgan fingerprint density at radius 1 is 0.750 bits per heavy atom. The Bertz CT molecular complexity index is 1600. The number of amides is 2. The van der Waals surface area contributed by atoms with Gasteiger partial charge in [0.05, 0.1) is 30.4 Å². The third kappa shape index (κ3) is 11.4. The molecule has 0 aliphatic carbocycles. The number of carbonyl (C=O) groups excluding carboxylic acids is 2. The van der Waals surface area contributed by atoms with E-state index in [9.17, 15) is 9.59 Å². The van der Waals surface area contributed by atoms with Crippen molar-refractivity contribution in [3.8, 4) is 11.5 Å². The maximum Gasteiger partial charge on any atom is 0.486 e. The number of ether oxygens (including phenoxy) is 4. The number of halogens is 1. The Morgan fingerprint density at radius 3 is 1.54 bits per heavy atom. The van der Waals surface area contributed by atoms with Gasteiger partial charge >= 0.3 is 19.3 Å². The summed E-state index contributed by atoms with van der Waals surface area (Å²) in [6.07, 6.45) is 2.81. The summed E-state index contributed by atoms with van der Waals surface area (Å²) in [5, 5.41) is 0.567. The van der Waals surface area contributed by atoms with E-state index in [0.717, 1.165) is 35.3 Å². The molecule has 0 radical (unpaired) electrons. The SMILES string of the molecule is C=CB1OC(C)(C)C(C)(C)O1.C=Cc1cc2c(cc1OC)CCN(C(=O)OC(C)(C)C)C2.COc1cc2c(cc1Cl)CN(C(=O)OC(C)(C)C)CC2. The van der Waals surface area contributed by atoms with E-state index in [-0.39, 0.29) is 30.5 Å². The van der Waals surface area contributed by atoms with Crippen LogP contribution in [0, 0.1) is 0 Å². The van der Waals surface area contributed by atoms with Gasteiger partial charge in [-0.1, -0.05) is 30.2 Å². The molecular weight excluding hydrogens is 683 g/mol. The van der Waals surface area contributed by atoms with Crippen molar-refractivity contribution in [2.75, 3.05) is 27.3 Å². The zero-order valence-electron chi connectivity index (χ0n) is 33.2. The minimum atomic E-state index is -0.477. The maximum atomic E-state index is 12.2. The highest BCUT2D eigenvalue weighted by Gasteiger charge is 2.49. The van der Waals surface area contributed by atoms with E-state index in [1.807, 2.05) is 93.5 Å². The molecule has 0 atom stereocenters. The molecule has 0 unspecified atom stereocenters. The quantitative estimate of drug-likeness (QED) is 0.287.